The molecule has 0 aliphatic carbocycles. The first kappa shape index (κ1) is 123. The van der Waals surface area contributed by atoms with Crippen molar-refractivity contribution in [1.29, 1.82) is 0 Å². The molecule has 57 heteroatoms. The second-order valence-corrected chi connectivity index (χ2v) is 40.4. The second-order valence-electron chi connectivity index (χ2n) is 35.4. The van der Waals surface area contributed by atoms with E-state index in [1.54, 1.807) is 44.2 Å². The van der Waals surface area contributed by atoms with Crippen LogP contribution in [0.2, 0.25) is 0 Å². The summed E-state index contributed by atoms with van der Waals surface area (Å²) in [5, 5.41) is 108. The van der Waals surface area contributed by atoms with Crippen LogP contribution < -0.4 is 85.5 Å². The van der Waals surface area contributed by atoms with Crippen LogP contribution >= 0.6 is 31.3 Å². The van der Waals surface area contributed by atoms with Gasteiger partial charge in [-0.1, -0.05) is 77.3 Å². The van der Waals surface area contributed by atoms with Crippen molar-refractivity contribution in [3.8, 4) is 23.0 Å². The highest BCUT2D eigenvalue weighted by molar-refractivity contribution is 7.47. The molecule has 1 unspecified atom stereocenters. The van der Waals surface area contributed by atoms with Gasteiger partial charge < -0.3 is 155 Å². The van der Waals surface area contributed by atoms with E-state index in [9.17, 15) is 102 Å². The molecule has 31 N–H and O–H groups in total. The van der Waals surface area contributed by atoms with E-state index in [-0.39, 0.29) is 145 Å². The maximum absolute atomic E-state index is 15.6. The Balaban J connectivity index is 1.47. The second kappa shape index (κ2) is 59.4. The zero-order valence-corrected chi connectivity index (χ0v) is 85.6. The first-order valence-electron chi connectivity index (χ1n) is 46.8. The maximum atomic E-state index is 15.6. The Hall–Kier alpha value is -10.7. The van der Waals surface area contributed by atoms with Gasteiger partial charge in [-0.05, 0) is 143 Å². The quantitative estimate of drug-likeness (QED) is 0.0150. The lowest BCUT2D eigenvalue weighted by atomic mass is 10.00. The third-order valence-electron chi connectivity index (χ3n) is 23.4. The summed E-state index contributed by atoms with van der Waals surface area (Å²) in [4.78, 5) is 259. The molecule has 1 aliphatic rings. The van der Waals surface area contributed by atoms with Crippen LogP contribution in [0, 0.1) is 39.5 Å². The number of phosphoric ester groups is 4. The van der Waals surface area contributed by atoms with Crippen LogP contribution in [0.15, 0.2) is 55.1 Å². The van der Waals surface area contributed by atoms with Gasteiger partial charge in [-0.15, -0.1) is 0 Å². The summed E-state index contributed by atoms with van der Waals surface area (Å²) in [5.74, 6) is -14.2. The molecule has 1 aromatic carbocycles. The molecule has 5 aromatic rings. The number of amides is 11. The van der Waals surface area contributed by atoms with E-state index < -0.39 is 270 Å². The third kappa shape index (κ3) is 43.0. The molecule has 145 heavy (non-hydrogen) atoms. The average molecular weight is 2130 g/mol. The number of hydrogen-bond acceptors (Lipinski definition) is 34. The molecule has 0 saturated carbocycles. The van der Waals surface area contributed by atoms with Crippen molar-refractivity contribution in [3.05, 3.63) is 128 Å². The van der Waals surface area contributed by atoms with Crippen LogP contribution in [0.25, 0.3) is 0 Å². The van der Waals surface area contributed by atoms with Gasteiger partial charge in [-0.3, -0.25) is 90.8 Å². The van der Waals surface area contributed by atoms with E-state index in [1.165, 1.54) is 46.3 Å². The molecule has 1 saturated heterocycles. The van der Waals surface area contributed by atoms with Crippen molar-refractivity contribution >= 4 is 96.3 Å². The molecule has 0 spiro atoms. The predicted molar refractivity (Wildman–Crippen MR) is 517 cm³/mol. The molecule has 1 fully saturated rings. The molecule has 0 bridgehead atoms. The fourth-order valence-corrected chi connectivity index (χ4v) is 16.2. The van der Waals surface area contributed by atoms with Gasteiger partial charge in [0.1, 0.15) is 83.4 Å². The number of nitrogens with two attached hydrogens (primary N) is 1. The number of pyridine rings is 4. The lowest BCUT2D eigenvalue weighted by Gasteiger charge is -2.29. The number of rotatable bonds is 53. The van der Waals surface area contributed by atoms with Gasteiger partial charge in [0.2, 0.25) is 65.0 Å². The first-order chi connectivity index (χ1) is 68.1. The number of aliphatic hydroxyl groups excluding tert-OH is 2. The topological polar surface area (TPSA) is 834 Å². The molecule has 0 radical (unpaired) electrons. The van der Waals surface area contributed by atoms with E-state index in [0.29, 0.717) is 24.3 Å². The Morgan fingerprint density at radius 1 is 0.462 bits per heavy atom. The number of carbonyl (C=O) groups excluding carboxylic acids is 11. The summed E-state index contributed by atoms with van der Waals surface area (Å²) < 4.78 is 66.1. The lowest BCUT2D eigenvalue weighted by Crippen LogP contribution is -2.62. The Labute approximate surface area is 836 Å². The van der Waals surface area contributed by atoms with Gasteiger partial charge in [0.25, 0.3) is 0 Å². The average Bonchev–Trinajstić information content (AvgIpc) is 0.890. The van der Waals surface area contributed by atoms with E-state index in [0.717, 1.165) is 32.9 Å². The van der Waals surface area contributed by atoms with E-state index in [4.69, 9.17) is 19.3 Å². The minimum absolute atomic E-state index is 0.00785. The Kier molecular flexibility index (Phi) is 50.4. The number of aromatic nitrogens is 4. The highest BCUT2D eigenvalue weighted by atomic mass is 31.2. The highest BCUT2D eigenvalue weighted by Gasteiger charge is 2.40. The van der Waals surface area contributed by atoms with Crippen LogP contribution in [-0.2, 0) is 148 Å². The van der Waals surface area contributed by atoms with Crippen molar-refractivity contribution in [1.82, 2.24) is 99.7 Å². The number of aromatic hydroxyl groups is 4. The molecule has 53 nitrogen and oxygen atoms in total. The Bertz CT molecular complexity index is 5410. The minimum atomic E-state index is -5.15. The number of carbonyl (C=O) groups is 11. The number of aliphatic hydroxyl groups is 2. The fraction of sp³-hybridized carbons (Fsp3) is 0.580. The van der Waals surface area contributed by atoms with Crippen LogP contribution in [0.1, 0.15) is 191 Å². The monoisotopic (exact) mass is 2130 g/mol. The van der Waals surface area contributed by atoms with Crippen molar-refractivity contribution in [3.63, 3.8) is 0 Å². The highest BCUT2D eigenvalue weighted by Crippen LogP contribution is 2.42. The summed E-state index contributed by atoms with van der Waals surface area (Å²) >= 11 is 0. The summed E-state index contributed by atoms with van der Waals surface area (Å²) in [6.07, 6.45) is 0.0540. The standard InChI is InChI=1S/C88H138N20O33P4/c1-11-48(4)17-15-16-20-72(111)99-65(22-28-90-39-60-56(43-138-142(126,127)128)35-95-49(5)75(60)112)83(120)108-74(54(10)110)88(125)104-67(24-30-92-41-62-58(45-140-144(132,133)134)37-97-51(7)77(62)114)81(118)102-69-26-32-94-87(124)73(53(9)109)107-84(121)68(25-31-93-42-63-59(46-141-145(135,136)137)38-98-52(8)78(63)115)101-80(117)66(23-29-91-40-61-57(44-139-143(129,130)131)36-96-50(6)76(61)113)103-85(122)70(33-47(2)3)105-86(123)71(34-55-18-13-12-14-19-55)106-79(116)64(21-27-89)100-82(69)119/h12-14,18-19,35-38,47-48,53-54,64-71,73-74,90-93,109-110,112-115H,11,15-17,20-34,39-46,89H2,1-10H3,(H,94,124)(H,99,111)(H,100,119)(H,101,117)(H,102,118)(H,103,122)(H,104,125)(H,105,123)(H,106,116)(H,107,121)(H,108,120)(H2,126,127,128)(H2,129,130,131)(H2,132,133,134)(H2,135,136,137)/t48?,53-,54-,64+,65+,66+,67+,68+,69+,70+,71-,73-,74-/m1/s1. The number of hydrogen-bond donors (Lipinski definition) is 30. The van der Waals surface area contributed by atoms with Crippen molar-refractivity contribution in [2.75, 3.05) is 39.3 Å². The number of benzene rings is 1. The summed E-state index contributed by atoms with van der Waals surface area (Å²) in [7, 11) is -20.4. The molecule has 4 aromatic heterocycles. The zero-order valence-electron chi connectivity index (χ0n) is 82.0. The molecular weight excluding hydrogens is 1990 g/mol. The van der Waals surface area contributed by atoms with Crippen LogP contribution in [0.4, 0.5) is 0 Å². The zero-order chi connectivity index (χ0) is 108. The van der Waals surface area contributed by atoms with Gasteiger partial charge in [0.05, 0.1) is 61.4 Å². The van der Waals surface area contributed by atoms with Crippen LogP contribution in [0.3, 0.4) is 0 Å². The van der Waals surface area contributed by atoms with Crippen molar-refractivity contribution < 1.29 is 159 Å². The van der Waals surface area contributed by atoms with Crippen LogP contribution in [0.5, 0.6) is 23.0 Å². The third-order valence-corrected chi connectivity index (χ3v) is 25.2. The SMILES string of the molecule is CCC(C)CCCCC(=O)N[C@@H](CCNCc1c(COP(=O)(O)O)cnc(C)c1O)C(=O)N[C@@H](C(=O)N[C@@H](CCNCc1c(COP(=O)(O)O)cnc(C)c1O)C(=O)N[C@H]1CCNC(=O)[C@@H]([C@@H](C)O)NC(=O)[C@H](CCNCc2c(COP(=O)(O)O)cnc(C)c2O)NC(=O)[C@H](CCNCc2c(COP(=O)(O)O)cnc(C)c2O)NC(=O)[C@H](CC(C)C)NC(=O)[C@@H](Cc2ccccc2)NC(=O)[C@H](CCN)NC1=O)[C@@H](C)O. The first-order valence-corrected chi connectivity index (χ1v) is 52.9. The van der Waals surface area contributed by atoms with Gasteiger partial charge in [-0.2, -0.15) is 0 Å². The van der Waals surface area contributed by atoms with E-state index in [1.807, 2.05) is 13.8 Å². The summed E-state index contributed by atoms with van der Waals surface area (Å²) in [5.41, 5.74) is 7.01. The number of aryl methyl sites for hydroxylation is 4. The minimum Gasteiger partial charge on any atom is -0.506 e. The summed E-state index contributed by atoms with van der Waals surface area (Å²) in [6, 6.07) is -10.1. The van der Waals surface area contributed by atoms with E-state index >= 15 is 38.4 Å². The number of nitrogens with zero attached hydrogens (tertiary/aromatic N) is 4. The maximum Gasteiger partial charge on any atom is 0.469 e. The predicted octanol–water partition coefficient (Wildman–Crippen LogP) is -1.85. The largest absolute Gasteiger partial charge is 0.506 e. The van der Waals surface area contributed by atoms with Gasteiger partial charge in [0, 0.05) is 115 Å². The Morgan fingerprint density at radius 2 is 0.841 bits per heavy atom. The molecule has 11 amide bonds. The molecule has 13 atom stereocenters. The number of unbranched alkanes of at least 4 members (excludes halogenated alkanes) is 1. The van der Waals surface area contributed by atoms with E-state index in [2.05, 4.69) is 104 Å². The van der Waals surface area contributed by atoms with Gasteiger partial charge in [0.15, 0.2) is 0 Å². The molecular formula is C88H138N20O33P4. The smallest absolute Gasteiger partial charge is 0.469 e. The Morgan fingerprint density at radius 3 is 1.24 bits per heavy atom. The van der Waals surface area contributed by atoms with Crippen LogP contribution in [-0.4, -0.2) is 267 Å². The summed E-state index contributed by atoms with van der Waals surface area (Å²) in [6.45, 7) is 8.60. The molecule has 5 heterocycles. The normalized spacial score (nSPS) is 18.8. The van der Waals surface area contributed by atoms with Gasteiger partial charge >= 0.3 is 31.3 Å². The molecule has 6 rings (SSSR count). The number of nitrogens with one attached hydrogen (secondary N) is 15. The molecule has 808 valence electrons. The number of phosphoric acid groups is 4. The lowest BCUT2D eigenvalue weighted by molar-refractivity contribution is -0.137. The molecule has 1 aliphatic heterocycles. The van der Waals surface area contributed by atoms with Crippen molar-refractivity contribution in [2.24, 2.45) is 17.6 Å². The van der Waals surface area contributed by atoms with Gasteiger partial charge in [-0.25, -0.2) is 18.3 Å². The van der Waals surface area contributed by atoms with Crippen molar-refractivity contribution in [2.45, 2.75) is 278 Å². The fourth-order valence-electron chi connectivity index (χ4n) is 14.9.